The molecule has 2 fully saturated rings. The lowest BCUT2D eigenvalue weighted by molar-refractivity contribution is 0.260. The van der Waals surface area contributed by atoms with Gasteiger partial charge in [0, 0.05) is 24.7 Å². The molecule has 0 aliphatic carbocycles. The molecule has 3 heterocycles. The lowest BCUT2D eigenvalue weighted by Crippen LogP contribution is -2.35. The fourth-order valence-electron chi connectivity index (χ4n) is 3.11. The average molecular weight is 301 g/mol. The Labute approximate surface area is 123 Å². The second kappa shape index (κ2) is 5.81. The summed E-state index contributed by atoms with van der Waals surface area (Å²) in [7, 11) is 0. The minimum absolute atomic E-state index is 0.361. The summed E-state index contributed by atoms with van der Waals surface area (Å²) in [4.78, 5) is 13.3. The molecule has 1 aromatic rings. The molecule has 2 saturated heterocycles. The van der Waals surface area contributed by atoms with E-state index >= 15 is 0 Å². The van der Waals surface area contributed by atoms with Gasteiger partial charge in [0.25, 0.3) is 0 Å². The number of alkyl halides is 1. The van der Waals surface area contributed by atoms with E-state index < -0.39 is 0 Å². The lowest BCUT2D eigenvalue weighted by Gasteiger charge is -2.24. The summed E-state index contributed by atoms with van der Waals surface area (Å²) in [5, 5.41) is 0.477. The van der Waals surface area contributed by atoms with Crippen molar-refractivity contribution in [3.8, 4) is 0 Å². The molecule has 4 nitrogen and oxygen atoms in total. The minimum atomic E-state index is 0.361. The first-order valence-electron chi connectivity index (χ1n) is 6.84. The van der Waals surface area contributed by atoms with E-state index in [-0.39, 0.29) is 0 Å². The molecule has 1 unspecified atom stereocenters. The van der Waals surface area contributed by atoms with Crippen molar-refractivity contribution in [1.29, 1.82) is 0 Å². The summed E-state index contributed by atoms with van der Waals surface area (Å²) in [6, 6.07) is 0.652. The first-order chi connectivity index (χ1) is 9.29. The number of likely N-dealkylation sites (tertiary alicyclic amines) is 1. The van der Waals surface area contributed by atoms with Crippen LogP contribution in [0.5, 0.6) is 0 Å². The smallest absolute Gasteiger partial charge is 0.138 e. The van der Waals surface area contributed by atoms with E-state index in [1.54, 1.807) is 0 Å². The minimum Gasteiger partial charge on any atom is -0.355 e. The molecule has 2 aliphatic rings. The van der Waals surface area contributed by atoms with Gasteiger partial charge in [0.05, 0.1) is 5.88 Å². The second-order valence-corrected chi connectivity index (χ2v) is 5.86. The number of nitrogens with zero attached hydrogens (tertiary/aromatic N) is 4. The van der Waals surface area contributed by atoms with Gasteiger partial charge in [-0.1, -0.05) is 11.6 Å². The molecule has 19 heavy (non-hydrogen) atoms. The van der Waals surface area contributed by atoms with Crippen molar-refractivity contribution < 1.29 is 0 Å². The van der Waals surface area contributed by atoms with Gasteiger partial charge in [0.15, 0.2) is 0 Å². The maximum Gasteiger partial charge on any atom is 0.138 e. The average Bonchev–Trinajstić information content (AvgIpc) is 3.09. The van der Waals surface area contributed by atoms with Crippen LogP contribution in [0.25, 0.3) is 0 Å². The highest BCUT2D eigenvalue weighted by Gasteiger charge is 2.31. The summed E-state index contributed by atoms with van der Waals surface area (Å²) in [5.41, 5.74) is 0.855. The maximum atomic E-state index is 6.10. The molecule has 6 heteroatoms. The van der Waals surface area contributed by atoms with Crippen LogP contribution in [0.1, 0.15) is 24.8 Å². The van der Waals surface area contributed by atoms with Gasteiger partial charge in [-0.05, 0) is 32.4 Å². The normalized spacial score (nSPS) is 24.3. The molecule has 3 rings (SSSR count). The lowest BCUT2D eigenvalue weighted by atomic mass is 10.2. The summed E-state index contributed by atoms with van der Waals surface area (Å²) < 4.78 is 0. The maximum absolute atomic E-state index is 6.10. The molecule has 0 N–H and O–H groups in total. The van der Waals surface area contributed by atoms with Crippen LogP contribution < -0.4 is 4.90 Å². The van der Waals surface area contributed by atoms with Gasteiger partial charge in [-0.15, -0.1) is 11.6 Å². The van der Waals surface area contributed by atoms with Crippen molar-refractivity contribution in [3.63, 3.8) is 0 Å². The highest BCUT2D eigenvalue weighted by atomic mass is 35.5. The predicted molar refractivity (Wildman–Crippen MR) is 78.0 cm³/mol. The first kappa shape index (κ1) is 13.4. The number of rotatable bonds is 3. The SMILES string of the molecule is ClCc1c(Cl)ncnc1N1CCC(N2CCCC2)C1. The zero-order valence-corrected chi connectivity index (χ0v) is 12.4. The zero-order chi connectivity index (χ0) is 13.2. The van der Waals surface area contributed by atoms with Crippen LogP contribution in [-0.2, 0) is 5.88 Å². The van der Waals surface area contributed by atoms with Gasteiger partial charge in [0.1, 0.15) is 17.3 Å². The molecule has 104 valence electrons. The first-order valence-corrected chi connectivity index (χ1v) is 7.75. The Kier molecular flexibility index (Phi) is 4.10. The van der Waals surface area contributed by atoms with Crippen LogP contribution in [0.3, 0.4) is 0 Å². The van der Waals surface area contributed by atoms with E-state index in [0.29, 0.717) is 17.1 Å². The number of anilines is 1. The Bertz CT molecular complexity index is 448. The van der Waals surface area contributed by atoms with Crippen molar-refractivity contribution >= 4 is 29.0 Å². The van der Waals surface area contributed by atoms with Crippen molar-refractivity contribution in [1.82, 2.24) is 14.9 Å². The van der Waals surface area contributed by atoms with E-state index in [1.807, 2.05) is 0 Å². The van der Waals surface area contributed by atoms with Gasteiger partial charge < -0.3 is 4.90 Å². The standard InChI is InChI=1S/C13H18Cl2N4/c14-7-11-12(15)16-9-17-13(11)19-6-3-10(8-19)18-4-1-2-5-18/h9-10H,1-8H2. The third kappa shape index (κ3) is 2.67. The zero-order valence-electron chi connectivity index (χ0n) is 10.9. The van der Waals surface area contributed by atoms with Gasteiger partial charge in [-0.2, -0.15) is 0 Å². The van der Waals surface area contributed by atoms with Crippen molar-refractivity contribution in [3.05, 3.63) is 17.0 Å². The summed E-state index contributed by atoms with van der Waals surface area (Å²) in [6.07, 6.45) is 5.39. The van der Waals surface area contributed by atoms with Gasteiger partial charge in [0.2, 0.25) is 0 Å². The molecule has 0 aromatic carbocycles. The van der Waals surface area contributed by atoms with Crippen LogP contribution in [0.2, 0.25) is 5.15 Å². The number of hydrogen-bond acceptors (Lipinski definition) is 4. The van der Waals surface area contributed by atoms with Crippen LogP contribution in [0, 0.1) is 0 Å². The van der Waals surface area contributed by atoms with Crippen LogP contribution in [-0.4, -0.2) is 47.1 Å². The monoisotopic (exact) mass is 300 g/mol. The molecule has 0 bridgehead atoms. The molecule has 1 aromatic heterocycles. The van der Waals surface area contributed by atoms with Crippen LogP contribution in [0.4, 0.5) is 5.82 Å². The summed E-state index contributed by atoms with van der Waals surface area (Å²) in [5.74, 6) is 1.27. The Morgan fingerprint density at radius 3 is 2.74 bits per heavy atom. The summed E-state index contributed by atoms with van der Waals surface area (Å²) in [6.45, 7) is 4.53. The molecule has 1 atom stereocenters. The Morgan fingerprint density at radius 1 is 1.21 bits per heavy atom. The van der Waals surface area contributed by atoms with Crippen molar-refractivity contribution in [2.75, 3.05) is 31.1 Å². The molecule has 0 amide bonds. The van der Waals surface area contributed by atoms with E-state index in [1.165, 1.54) is 38.7 Å². The van der Waals surface area contributed by atoms with E-state index in [2.05, 4.69) is 19.8 Å². The highest BCUT2D eigenvalue weighted by molar-refractivity contribution is 6.31. The van der Waals surface area contributed by atoms with Gasteiger partial charge in [-0.25, -0.2) is 9.97 Å². The summed E-state index contributed by atoms with van der Waals surface area (Å²) >= 11 is 12.1. The molecule has 0 spiro atoms. The van der Waals surface area contributed by atoms with E-state index in [9.17, 15) is 0 Å². The molecular formula is C13H18Cl2N4. The quantitative estimate of drug-likeness (QED) is 0.634. The molecular weight excluding hydrogens is 283 g/mol. The van der Waals surface area contributed by atoms with Gasteiger partial charge >= 0.3 is 0 Å². The fourth-order valence-corrected chi connectivity index (χ4v) is 3.62. The predicted octanol–water partition coefficient (Wildman–Crippen LogP) is 2.54. The Morgan fingerprint density at radius 2 is 2.00 bits per heavy atom. The third-order valence-electron chi connectivity index (χ3n) is 4.12. The Hall–Kier alpha value is -0.580. The number of hydrogen-bond donors (Lipinski definition) is 0. The largest absolute Gasteiger partial charge is 0.355 e. The second-order valence-electron chi connectivity index (χ2n) is 5.23. The van der Waals surface area contributed by atoms with E-state index in [4.69, 9.17) is 23.2 Å². The number of aromatic nitrogens is 2. The highest BCUT2D eigenvalue weighted by Crippen LogP contribution is 2.29. The van der Waals surface area contributed by atoms with Crippen molar-refractivity contribution in [2.45, 2.75) is 31.2 Å². The van der Waals surface area contributed by atoms with Crippen LogP contribution >= 0.6 is 23.2 Å². The number of halogens is 2. The topological polar surface area (TPSA) is 32.3 Å². The van der Waals surface area contributed by atoms with E-state index in [0.717, 1.165) is 24.5 Å². The fraction of sp³-hybridized carbons (Fsp3) is 0.692. The third-order valence-corrected chi connectivity index (χ3v) is 4.72. The van der Waals surface area contributed by atoms with Crippen molar-refractivity contribution in [2.24, 2.45) is 0 Å². The Balaban J connectivity index is 1.75. The van der Waals surface area contributed by atoms with Crippen LogP contribution in [0.15, 0.2) is 6.33 Å². The molecule has 2 aliphatic heterocycles. The van der Waals surface area contributed by atoms with Gasteiger partial charge in [-0.3, -0.25) is 4.90 Å². The molecule has 0 saturated carbocycles. The molecule has 0 radical (unpaired) electrons.